The van der Waals surface area contributed by atoms with Crippen LogP contribution in [0.2, 0.25) is 0 Å². The van der Waals surface area contributed by atoms with E-state index in [1.54, 1.807) is 24.3 Å². The first-order valence-corrected chi connectivity index (χ1v) is 8.21. The van der Waals surface area contributed by atoms with E-state index in [2.05, 4.69) is 20.5 Å². The summed E-state index contributed by atoms with van der Waals surface area (Å²) >= 11 is 0. The van der Waals surface area contributed by atoms with Crippen LogP contribution < -0.4 is 11.1 Å². The predicted octanol–water partition coefficient (Wildman–Crippen LogP) is 4.51. The zero-order valence-electron chi connectivity index (χ0n) is 13.6. The van der Waals surface area contributed by atoms with Gasteiger partial charge in [0.1, 0.15) is 11.5 Å². The number of amidine groups is 1. The van der Waals surface area contributed by atoms with Crippen LogP contribution in [0.3, 0.4) is 0 Å². The zero-order valence-corrected chi connectivity index (χ0v) is 13.6. The Balaban J connectivity index is 1.72. The predicted molar refractivity (Wildman–Crippen MR) is 100 cm³/mol. The van der Waals surface area contributed by atoms with Gasteiger partial charge in [0.2, 0.25) is 0 Å². The second-order valence-electron chi connectivity index (χ2n) is 6.12. The fourth-order valence-corrected chi connectivity index (χ4v) is 2.59. The number of benzene rings is 2. The molecular formula is C19H18N6. The molecule has 0 spiro atoms. The number of fused-ring (bicyclic) bond motifs is 1. The Morgan fingerprint density at radius 3 is 2.56 bits per heavy atom. The number of nitrogens with one attached hydrogen (secondary N) is 2. The maximum atomic E-state index is 7.44. The van der Waals surface area contributed by atoms with Gasteiger partial charge in [0, 0.05) is 28.6 Å². The first-order valence-electron chi connectivity index (χ1n) is 8.21. The van der Waals surface area contributed by atoms with E-state index in [1.165, 1.54) is 0 Å². The summed E-state index contributed by atoms with van der Waals surface area (Å²) in [6.45, 7) is 0. The van der Waals surface area contributed by atoms with E-state index in [0.717, 1.165) is 35.1 Å². The number of nitrogens with zero attached hydrogens (tertiary/aromatic N) is 3. The van der Waals surface area contributed by atoms with Gasteiger partial charge in [-0.15, -0.1) is 5.11 Å². The Labute approximate surface area is 145 Å². The van der Waals surface area contributed by atoms with Crippen molar-refractivity contribution in [1.29, 1.82) is 5.41 Å². The molecule has 0 saturated heterocycles. The summed E-state index contributed by atoms with van der Waals surface area (Å²) in [6, 6.07) is 15.6. The SMILES string of the molecule is N=C(N)c1ccc(/N=N/c2c(NC3CC3)ncc3ccccc23)cc1. The van der Waals surface area contributed by atoms with Crippen molar-refractivity contribution < 1.29 is 0 Å². The van der Waals surface area contributed by atoms with Crippen LogP contribution in [-0.2, 0) is 0 Å². The molecule has 2 aromatic carbocycles. The average molecular weight is 330 g/mol. The van der Waals surface area contributed by atoms with Crippen molar-refractivity contribution in [2.75, 3.05) is 5.32 Å². The molecule has 0 radical (unpaired) electrons. The third kappa shape index (κ3) is 3.33. The van der Waals surface area contributed by atoms with Gasteiger partial charge in [0.25, 0.3) is 0 Å². The topological polar surface area (TPSA) is 99.5 Å². The highest BCUT2D eigenvalue weighted by Gasteiger charge is 2.23. The Kier molecular flexibility index (Phi) is 3.85. The van der Waals surface area contributed by atoms with Gasteiger partial charge in [0.05, 0.1) is 5.69 Å². The summed E-state index contributed by atoms with van der Waals surface area (Å²) in [7, 11) is 0. The van der Waals surface area contributed by atoms with Crippen LogP contribution in [0.1, 0.15) is 18.4 Å². The molecule has 25 heavy (non-hydrogen) atoms. The molecule has 1 aliphatic carbocycles. The molecule has 6 heteroatoms. The third-order valence-electron chi connectivity index (χ3n) is 4.13. The van der Waals surface area contributed by atoms with Crippen molar-refractivity contribution in [1.82, 2.24) is 4.98 Å². The van der Waals surface area contributed by atoms with Crippen LogP contribution in [0.15, 0.2) is 65.0 Å². The van der Waals surface area contributed by atoms with Crippen LogP contribution in [0.4, 0.5) is 17.2 Å². The second-order valence-corrected chi connectivity index (χ2v) is 6.12. The van der Waals surface area contributed by atoms with E-state index < -0.39 is 0 Å². The van der Waals surface area contributed by atoms with E-state index in [9.17, 15) is 0 Å². The molecule has 1 aromatic heterocycles. The minimum Gasteiger partial charge on any atom is -0.384 e. The van der Waals surface area contributed by atoms with Gasteiger partial charge in [-0.3, -0.25) is 5.41 Å². The molecule has 0 atom stereocenters. The van der Waals surface area contributed by atoms with Gasteiger partial charge >= 0.3 is 0 Å². The van der Waals surface area contributed by atoms with Crippen LogP contribution in [0, 0.1) is 5.41 Å². The molecule has 1 saturated carbocycles. The highest BCUT2D eigenvalue weighted by atomic mass is 15.1. The number of nitrogen functional groups attached to an aromatic ring is 1. The Bertz CT molecular complexity index is 957. The first kappa shape index (κ1) is 15.3. The number of hydrogen-bond donors (Lipinski definition) is 3. The molecule has 1 heterocycles. The molecule has 4 rings (SSSR count). The number of nitrogens with two attached hydrogens (primary N) is 1. The number of pyridine rings is 1. The standard InChI is InChI=1S/C19H18N6/c20-18(21)12-5-7-15(8-6-12)24-25-17-16-4-2-1-3-13(16)11-22-19(17)23-14-9-10-14/h1-8,11,14H,9-10H2,(H3,20,21)(H,22,23)/b25-24+. The molecule has 4 N–H and O–H groups in total. The molecule has 3 aromatic rings. The maximum Gasteiger partial charge on any atom is 0.154 e. The molecule has 1 fully saturated rings. The first-order chi connectivity index (χ1) is 12.2. The maximum absolute atomic E-state index is 7.44. The van der Waals surface area contributed by atoms with Crippen molar-refractivity contribution in [2.45, 2.75) is 18.9 Å². The average Bonchev–Trinajstić information content (AvgIpc) is 3.45. The molecular weight excluding hydrogens is 312 g/mol. The lowest BCUT2D eigenvalue weighted by Crippen LogP contribution is -2.10. The molecule has 1 aliphatic rings. The zero-order chi connectivity index (χ0) is 17.2. The minimum atomic E-state index is 0.0395. The van der Waals surface area contributed by atoms with E-state index in [-0.39, 0.29) is 5.84 Å². The third-order valence-corrected chi connectivity index (χ3v) is 4.13. The molecule has 6 nitrogen and oxygen atoms in total. The van der Waals surface area contributed by atoms with E-state index >= 15 is 0 Å². The summed E-state index contributed by atoms with van der Waals surface area (Å²) in [4.78, 5) is 4.53. The van der Waals surface area contributed by atoms with Gasteiger partial charge in [-0.2, -0.15) is 5.11 Å². The van der Waals surface area contributed by atoms with Crippen LogP contribution in [-0.4, -0.2) is 16.9 Å². The number of anilines is 1. The quantitative estimate of drug-likeness (QED) is 0.364. The highest BCUT2D eigenvalue weighted by molar-refractivity contribution is 5.97. The Morgan fingerprint density at radius 2 is 1.84 bits per heavy atom. The van der Waals surface area contributed by atoms with Crippen molar-refractivity contribution in [3.05, 3.63) is 60.3 Å². The van der Waals surface area contributed by atoms with Crippen LogP contribution in [0.25, 0.3) is 10.8 Å². The van der Waals surface area contributed by atoms with E-state index in [0.29, 0.717) is 17.3 Å². The largest absolute Gasteiger partial charge is 0.384 e. The Morgan fingerprint density at radius 1 is 1.08 bits per heavy atom. The van der Waals surface area contributed by atoms with Crippen molar-refractivity contribution >= 4 is 33.8 Å². The van der Waals surface area contributed by atoms with Gasteiger partial charge in [-0.25, -0.2) is 4.98 Å². The fourth-order valence-electron chi connectivity index (χ4n) is 2.59. The lowest BCUT2D eigenvalue weighted by atomic mass is 10.1. The normalized spacial score (nSPS) is 14.1. The molecule has 0 unspecified atom stereocenters. The molecule has 124 valence electrons. The van der Waals surface area contributed by atoms with Crippen molar-refractivity contribution in [3.8, 4) is 0 Å². The van der Waals surface area contributed by atoms with Gasteiger partial charge in [0.15, 0.2) is 5.82 Å². The van der Waals surface area contributed by atoms with Crippen molar-refractivity contribution in [3.63, 3.8) is 0 Å². The Hall–Kier alpha value is -3.28. The smallest absolute Gasteiger partial charge is 0.154 e. The van der Waals surface area contributed by atoms with Gasteiger partial charge in [-0.1, -0.05) is 24.3 Å². The summed E-state index contributed by atoms with van der Waals surface area (Å²) in [5.74, 6) is 0.808. The lowest BCUT2D eigenvalue weighted by molar-refractivity contribution is 1.10. The lowest BCUT2D eigenvalue weighted by Gasteiger charge is -2.09. The molecule has 0 bridgehead atoms. The second kappa shape index (κ2) is 6.32. The van der Waals surface area contributed by atoms with Gasteiger partial charge < -0.3 is 11.1 Å². The van der Waals surface area contributed by atoms with Gasteiger partial charge in [-0.05, 0) is 37.1 Å². The highest BCUT2D eigenvalue weighted by Crippen LogP contribution is 2.36. The van der Waals surface area contributed by atoms with Crippen LogP contribution in [0.5, 0.6) is 0 Å². The summed E-state index contributed by atoms with van der Waals surface area (Å²) in [6.07, 6.45) is 4.19. The fraction of sp³-hybridized carbons (Fsp3) is 0.158. The monoisotopic (exact) mass is 330 g/mol. The van der Waals surface area contributed by atoms with E-state index in [4.69, 9.17) is 11.1 Å². The summed E-state index contributed by atoms with van der Waals surface area (Å²) in [5, 5.41) is 21.7. The number of hydrogen-bond acceptors (Lipinski definition) is 5. The van der Waals surface area contributed by atoms with E-state index in [1.807, 2.05) is 30.5 Å². The molecule has 0 aliphatic heterocycles. The minimum absolute atomic E-state index is 0.0395. The summed E-state index contributed by atoms with van der Waals surface area (Å²) < 4.78 is 0. The van der Waals surface area contributed by atoms with Crippen LogP contribution >= 0.6 is 0 Å². The number of aromatic nitrogens is 1. The number of azo groups is 1. The van der Waals surface area contributed by atoms with Crippen molar-refractivity contribution in [2.24, 2.45) is 16.0 Å². The summed E-state index contributed by atoms with van der Waals surface area (Å²) in [5.41, 5.74) is 7.60. The molecule has 0 amide bonds. The number of rotatable bonds is 5.